The van der Waals surface area contributed by atoms with Gasteiger partial charge >= 0.3 is 0 Å². The van der Waals surface area contributed by atoms with Crippen molar-refractivity contribution in [1.29, 1.82) is 0 Å². The van der Waals surface area contributed by atoms with Crippen LogP contribution in [0.25, 0.3) is 0 Å². The van der Waals surface area contributed by atoms with Crippen molar-refractivity contribution in [1.82, 2.24) is 0 Å². The second-order valence-corrected chi connectivity index (χ2v) is 4.31. The van der Waals surface area contributed by atoms with Crippen LogP contribution < -0.4 is 0 Å². The van der Waals surface area contributed by atoms with Crippen LogP contribution in [-0.2, 0) is 9.47 Å². The van der Waals surface area contributed by atoms with Crippen LogP contribution in [0.2, 0.25) is 11.6 Å². The fraction of sp³-hybridized carbons (Fsp3) is 1.00. The summed E-state index contributed by atoms with van der Waals surface area (Å²) in [6, 6.07) is 0. The summed E-state index contributed by atoms with van der Waals surface area (Å²) in [5.74, 6) is -1.02. The lowest BCUT2D eigenvalue weighted by atomic mass is 9.31. The van der Waals surface area contributed by atoms with Crippen molar-refractivity contribution < 1.29 is 9.47 Å². The summed E-state index contributed by atoms with van der Waals surface area (Å²) >= 11 is 0. The molecule has 8 heteroatoms. The Morgan fingerprint density at radius 2 is 0.929 bits per heavy atom. The van der Waals surface area contributed by atoms with Crippen LogP contribution in [0.4, 0.5) is 0 Å². The maximum Gasteiger partial charge on any atom is 0.103 e. The lowest BCUT2D eigenvalue weighted by Crippen LogP contribution is -2.63. The standard InChI is InChI=1S/C6H2B6O2/c7-1-2(8)4(6(11,12)14-4)3(1)5(9,10)13-3/h1-2H. The van der Waals surface area contributed by atoms with E-state index >= 15 is 0 Å². The molecule has 0 bridgehead atoms. The predicted octanol–water partition coefficient (Wildman–Crippen LogP) is -2.57. The molecule has 2 spiro atoms. The average Bonchev–Trinajstić information content (AvgIpc) is 2.84. The van der Waals surface area contributed by atoms with Crippen LogP contribution in [0.15, 0.2) is 0 Å². The van der Waals surface area contributed by atoms with E-state index in [4.69, 9.17) is 56.6 Å². The molecule has 14 heavy (non-hydrogen) atoms. The SMILES string of the molecule is [B]C1C([B])C2(OC2([B])[B])C12OC2([B])[B]. The Bertz CT molecular complexity index is 300. The smallest absolute Gasteiger partial charge is 0.103 e. The summed E-state index contributed by atoms with van der Waals surface area (Å²) in [5, 5.41) is -2.69. The van der Waals surface area contributed by atoms with Crippen LogP contribution >= 0.6 is 0 Å². The second-order valence-electron chi connectivity index (χ2n) is 4.31. The van der Waals surface area contributed by atoms with Crippen molar-refractivity contribution in [3.63, 3.8) is 0 Å². The Morgan fingerprint density at radius 3 is 1.07 bits per heavy atom. The fourth-order valence-corrected chi connectivity index (χ4v) is 2.78. The molecule has 2 nitrogen and oxygen atoms in total. The summed E-state index contributed by atoms with van der Waals surface area (Å²) in [6.45, 7) is 0. The molecular formula is C6H2B6O2. The van der Waals surface area contributed by atoms with Crippen molar-refractivity contribution in [2.24, 2.45) is 0 Å². The van der Waals surface area contributed by atoms with E-state index in [-0.39, 0.29) is 0 Å². The molecule has 3 aliphatic rings. The molecule has 0 aromatic heterocycles. The van der Waals surface area contributed by atoms with Crippen molar-refractivity contribution in [3.05, 3.63) is 0 Å². The lowest BCUT2D eigenvalue weighted by Gasteiger charge is -2.51. The highest BCUT2D eigenvalue weighted by molar-refractivity contribution is 6.48. The molecule has 0 amide bonds. The summed E-state index contributed by atoms with van der Waals surface area (Å²) < 4.78 is 10.4. The van der Waals surface area contributed by atoms with Gasteiger partial charge < -0.3 is 9.47 Å². The molecule has 4 atom stereocenters. The molecule has 2 aliphatic heterocycles. The first-order valence-electron chi connectivity index (χ1n) is 4.30. The van der Waals surface area contributed by atoms with E-state index in [9.17, 15) is 0 Å². The summed E-state index contributed by atoms with van der Waals surface area (Å²) in [4.78, 5) is 0. The molecule has 1 saturated carbocycles. The Hall–Kier alpha value is 0.310. The molecule has 2 saturated heterocycles. The van der Waals surface area contributed by atoms with Gasteiger partial charge in [-0.2, -0.15) is 0 Å². The monoisotopic (exact) mass is 172 g/mol. The largest absolute Gasteiger partial charge is 0.381 e. The van der Waals surface area contributed by atoms with Gasteiger partial charge in [-0.05, 0) is 11.6 Å². The first-order valence-corrected chi connectivity index (χ1v) is 4.30. The third-order valence-electron chi connectivity index (χ3n) is 3.61. The zero-order chi connectivity index (χ0) is 10.6. The van der Waals surface area contributed by atoms with Crippen molar-refractivity contribution in [2.45, 2.75) is 33.6 Å². The van der Waals surface area contributed by atoms with Gasteiger partial charge in [0.1, 0.15) is 42.6 Å². The number of hydrogen-bond acceptors (Lipinski definition) is 2. The molecule has 3 fully saturated rings. The minimum atomic E-state index is -1.34. The fourth-order valence-electron chi connectivity index (χ4n) is 2.78. The summed E-state index contributed by atoms with van der Waals surface area (Å²) in [7, 11) is 34.0. The van der Waals surface area contributed by atoms with Gasteiger partial charge in [0.2, 0.25) is 0 Å². The van der Waals surface area contributed by atoms with Gasteiger partial charge in [-0.1, -0.05) is 0 Å². The maximum atomic E-state index is 5.77. The van der Waals surface area contributed by atoms with E-state index in [1.165, 1.54) is 0 Å². The summed E-state index contributed by atoms with van der Waals surface area (Å²) in [6.07, 6.45) is 0. The van der Waals surface area contributed by atoms with Gasteiger partial charge in [0, 0.05) is 10.8 Å². The van der Waals surface area contributed by atoms with Gasteiger partial charge in [-0.15, -0.1) is 0 Å². The first kappa shape index (κ1) is 9.53. The Kier molecular flexibility index (Phi) is 1.32. The molecule has 3 rings (SSSR count). The van der Waals surface area contributed by atoms with E-state index < -0.39 is 33.6 Å². The first-order chi connectivity index (χ1) is 6.23. The molecule has 56 valence electrons. The van der Waals surface area contributed by atoms with Crippen molar-refractivity contribution in [2.75, 3.05) is 0 Å². The minimum Gasteiger partial charge on any atom is -0.381 e. The molecule has 4 unspecified atom stereocenters. The summed E-state index contributed by atoms with van der Waals surface area (Å²) in [5.41, 5.74) is -2.05. The molecule has 1 aliphatic carbocycles. The van der Waals surface area contributed by atoms with Gasteiger partial charge in [0.05, 0.1) is 15.7 Å². The van der Waals surface area contributed by atoms with Gasteiger partial charge in [-0.25, -0.2) is 0 Å². The highest BCUT2D eigenvalue weighted by Gasteiger charge is 2.93. The zero-order valence-corrected chi connectivity index (χ0v) is 7.44. The van der Waals surface area contributed by atoms with E-state index in [1.807, 2.05) is 0 Å². The normalized spacial score (nSPS) is 60.9. The highest BCUT2D eigenvalue weighted by atomic mass is 16.7. The number of epoxide rings is 2. The Balaban J connectivity index is 2.02. The van der Waals surface area contributed by atoms with Gasteiger partial charge in [0.25, 0.3) is 0 Å². The number of hydrogen-bond donors (Lipinski definition) is 0. The Morgan fingerprint density at radius 1 is 0.714 bits per heavy atom. The quantitative estimate of drug-likeness (QED) is 0.295. The van der Waals surface area contributed by atoms with Crippen LogP contribution in [0.3, 0.4) is 0 Å². The number of fused-ring (bicyclic) bond motifs is 1. The molecular weight excluding hydrogens is 169 g/mol. The van der Waals surface area contributed by atoms with E-state index in [0.717, 1.165) is 0 Å². The van der Waals surface area contributed by atoms with Gasteiger partial charge in [0.15, 0.2) is 0 Å². The minimum absolute atomic E-state index is 0.508. The van der Waals surface area contributed by atoms with Crippen LogP contribution in [0.5, 0.6) is 0 Å². The third kappa shape index (κ3) is 0.598. The average molecular weight is 171 g/mol. The van der Waals surface area contributed by atoms with Crippen LogP contribution in [-0.4, -0.2) is 69.1 Å². The van der Waals surface area contributed by atoms with E-state index in [0.29, 0.717) is 0 Å². The molecule has 0 N–H and O–H groups in total. The Labute approximate surface area is 90.7 Å². The van der Waals surface area contributed by atoms with Crippen LogP contribution in [0.1, 0.15) is 0 Å². The predicted molar refractivity (Wildman–Crippen MR) is 55.1 cm³/mol. The molecule has 0 aromatic rings. The highest BCUT2D eigenvalue weighted by Crippen LogP contribution is 2.82. The molecule has 0 aromatic carbocycles. The molecule has 12 radical (unpaired) electrons. The zero-order valence-electron chi connectivity index (χ0n) is 7.44. The number of rotatable bonds is 0. The second kappa shape index (κ2) is 1.93. The topological polar surface area (TPSA) is 25.1 Å². The van der Waals surface area contributed by atoms with Crippen LogP contribution in [0, 0.1) is 0 Å². The third-order valence-corrected chi connectivity index (χ3v) is 3.61. The number of ether oxygens (including phenoxy) is 2. The van der Waals surface area contributed by atoms with E-state index in [1.54, 1.807) is 0 Å². The van der Waals surface area contributed by atoms with Crippen molar-refractivity contribution in [3.8, 4) is 0 Å². The lowest BCUT2D eigenvalue weighted by molar-refractivity contribution is 0.0647. The van der Waals surface area contributed by atoms with Gasteiger partial charge in [-0.3, -0.25) is 0 Å². The van der Waals surface area contributed by atoms with Crippen molar-refractivity contribution >= 4 is 47.1 Å². The molecule has 2 heterocycles. The van der Waals surface area contributed by atoms with E-state index in [2.05, 4.69) is 0 Å². The maximum absolute atomic E-state index is 5.77.